The first kappa shape index (κ1) is 24.0. The number of halogens is 1. The SMILES string of the molecule is O=C(O)c1ccccc1SCC#CC/C=C\C/C=C\C/C=C\COc1cccc(F)c1. The Balaban J connectivity index is 1.54. The lowest BCUT2D eigenvalue weighted by atomic mass is 10.2. The van der Waals surface area contributed by atoms with E-state index in [1.807, 2.05) is 24.3 Å². The molecule has 2 aromatic carbocycles. The number of ether oxygens (including phenoxy) is 1. The summed E-state index contributed by atoms with van der Waals surface area (Å²) in [4.78, 5) is 11.9. The molecule has 0 fully saturated rings. The maximum atomic E-state index is 13.0. The van der Waals surface area contributed by atoms with Crippen molar-refractivity contribution in [1.82, 2.24) is 0 Å². The number of hydrogen-bond acceptors (Lipinski definition) is 3. The van der Waals surface area contributed by atoms with E-state index in [-0.39, 0.29) is 5.82 Å². The number of allylic oxidation sites excluding steroid dienone is 5. The Morgan fingerprint density at radius 1 is 0.968 bits per heavy atom. The van der Waals surface area contributed by atoms with Gasteiger partial charge in [-0.2, -0.15) is 0 Å². The third-order valence-corrected chi connectivity index (χ3v) is 4.90. The average molecular weight is 437 g/mol. The van der Waals surface area contributed by atoms with Crippen molar-refractivity contribution in [2.45, 2.75) is 24.2 Å². The first-order chi connectivity index (χ1) is 15.2. The van der Waals surface area contributed by atoms with E-state index in [4.69, 9.17) is 9.84 Å². The molecular formula is C26H25FO3S. The minimum Gasteiger partial charge on any atom is -0.489 e. The Hall–Kier alpha value is -3.23. The minimum absolute atomic E-state index is 0.302. The summed E-state index contributed by atoms with van der Waals surface area (Å²) in [5, 5.41) is 9.15. The van der Waals surface area contributed by atoms with Crippen molar-refractivity contribution in [3.8, 4) is 17.6 Å². The van der Waals surface area contributed by atoms with Crippen molar-refractivity contribution in [2.24, 2.45) is 0 Å². The van der Waals surface area contributed by atoms with Crippen LogP contribution in [0.5, 0.6) is 5.75 Å². The van der Waals surface area contributed by atoms with Crippen LogP contribution in [0, 0.1) is 17.7 Å². The van der Waals surface area contributed by atoms with Crippen molar-refractivity contribution >= 4 is 17.7 Å². The number of hydrogen-bond donors (Lipinski definition) is 1. The van der Waals surface area contributed by atoms with Gasteiger partial charge >= 0.3 is 5.97 Å². The summed E-state index contributed by atoms with van der Waals surface area (Å²) >= 11 is 1.44. The fourth-order valence-corrected chi connectivity index (χ4v) is 3.28. The van der Waals surface area contributed by atoms with Gasteiger partial charge in [0.25, 0.3) is 0 Å². The van der Waals surface area contributed by atoms with E-state index in [1.54, 1.807) is 30.3 Å². The van der Waals surface area contributed by atoms with Gasteiger partial charge in [-0.25, -0.2) is 9.18 Å². The highest BCUT2D eigenvalue weighted by Gasteiger charge is 2.08. The van der Waals surface area contributed by atoms with Gasteiger partial charge < -0.3 is 9.84 Å². The maximum absolute atomic E-state index is 13.0. The molecule has 0 bridgehead atoms. The van der Waals surface area contributed by atoms with Crippen molar-refractivity contribution in [3.05, 3.63) is 96.4 Å². The molecule has 0 aromatic heterocycles. The molecule has 2 rings (SSSR count). The predicted molar refractivity (Wildman–Crippen MR) is 125 cm³/mol. The highest BCUT2D eigenvalue weighted by atomic mass is 32.2. The van der Waals surface area contributed by atoms with Gasteiger partial charge in [-0.1, -0.05) is 66.5 Å². The average Bonchev–Trinajstić information content (AvgIpc) is 2.76. The van der Waals surface area contributed by atoms with E-state index in [9.17, 15) is 9.18 Å². The number of carboxylic acids is 1. The zero-order valence-electron chi connectivity index (χ0n) is 17.2. The fourth-order valence-electron chi connectivity index (χ4n) is 2.46. The molecule has 2 aromatic rings. The van der Waals surface area contributed by atoms with Crippen LogP contribution in [0.4, 0.5) is 4.39 Å². The number of rotatable bonds is 11. The molecule has 0 unspecified atom stereocenters. The van der Waals surface area contributed by atoms with Crippen LogP contribution in [-0.2, 0) is 0 Å². The molecule has 160 valence electrons. The second kappa shape index (κ2) is 14.7. The van der Waals surface area contributed by atoms with Crippen molar-refractivity contribution < 1.29 is 19.0 Å². The molecule has 5 heteroatoms. The van der Waals surface area contributed by atoms with Crippen molar-refractivity contribution in [1.29, 1.82) is 0 Å². The number of thioether (sulfide) groups is 1. The van der Waals surface area contributed by atoms with E-state index in [0.717, 1.165) is 17.7 Å². The van der Waals surface area contributed by atoms with Gasteiger partial charge in [0, 0.05) is 17.4 Å². The van der Waals surface area contributed by atoms with E-state index < -0.39 is 5.97 Å². The number of carbonyl (C=O) groups is 1. The topological polar surface area (TPSA) is 46.5 Å². The van der Waals surface area contributed by atoms with E-state index in [0.29, 0.717) is 30.1 Å². The second-order valence-corrected chi connectivity index (χ2v) is 7.32. The summed E-state index contributed by atoms with van der Waals surface area (Å²) in [7, 11) is 0. The standard InChI is InChI=1S/C26H25FO3S/c27-22-15-14-16-23(21-22)30-19-12-8-6-4-2-1-3-5-7-9-13-20-31-25-18-11-10-17-24(25)26(28)29/h2-5,8,10-12,14-18,21H,1,6-7,19-20H2,(H,28,29)/b4-2-,5-3-,12-8-. The number of aromatic carboxylic acids is 1. The van der Waals surface area contributed by atoms with Gasteiger partial charge in [-0.15, -0.1) is 11.8 Å². The van der Waals surface area contributed by atoms with Crippen LogP contribution >= 0.6 is 11.8 Å². The molecule has 0 atom stereocenters. The molecular weight excluding hydrogens is 411 g/mol. The fraction of sp³-hybridized carbons (Fsp3) is 0.192. The molecule has 0 saturated carbocycles. The van der Waals surface area contributed by atoms with Crippen molar-refractivity contribution in [3.63, 3.8) is 0 Å². The normalized spacial score (nSPS) is 11.1. The number of benzene rings is 2. The smallest absolute Gasteiger partial charge is 0.336 e. The second-order valence-electron chi connectivity index (χ2n) is 6.30. The Labute approximate surface area is 187 Å². The van der Waals surface area contributed by atoms with Gasteiger partial charge in [-0.05, 0) is 37.1 Å². The minimum atomic E-state index is -0.917. The van der Waals surface area contributed by atoms with Gasteiger partial charge in [0.1, 0.15) is 18.2 Å². The van der Waals surface area contributed by atoms with Gasteiger partial charge in [0.15, 0.2) is 0 Å². The van der Waals surface area contributed by atoms with Gasteiger partial charge in [-0.3, -0.25) is 0 Å². The molecule has 0 aliphatic rings. The summed E-state index contributed by atoms with van der Waals surface area (Å²) in [6, 6.07) is 13.1. The Morgan fingerprint density at radius 3 is 2.48 bits per heavy atom. The van der Waals surface area contributed by atoms with Gasteiger partial charge in [0.05, 0.1) is 11.3 Å². The molecule has 31 heavy (non-hydrogen) atoms. The first-order valence-electron chi connectivity index (χ1n) is 9.91. The maximum Gasteiger partial charge on any atom is 0.336 e. The van der Waals surface area contributed by atoms with Crippen LogP contribution in [0.1, 0.15) is 29.6 Å². The zero-order valence-corrected chi connectivity index (χ0v) is 18.0. The van der Waals surface area contributed by atoms with Crippen molar-refractivity contribution in [2.75, 3.05) is 12.4 Å². The highest BCUT2D eigenvalue weighted by molar-refractivity contribution is 7.99. The monoisotopic (exact) mass is 436 g/mol. The Bertz CT molecular complexity index is 983. The largest absolute Gasteiger partial charge is 0.489 e. The predicted octanol–water partition coefficient (Wildman–Crippen LogP) is 6.54. The Morgan fingerprint density at radius 2 is 1.71 bits per heavy atom. The molecule has 0 aliphatic heterocycles. The third kappa shape index (κ3) is 10.4. The molecule has 0 heterocycles. The lowest BCUT2D eigenvalue weighted by Gasteiger charge is -2.01. The van der Waals surface area contributed by atoms with Gasteiger partial charge in [0.2, 0.25) is 0 Å². The van der Waals surface area contributed by atoms with E-state index >= 15 is 0 Å². The quantitative estimate of drug-likeness (QED) is 0.247. The summed E-state index contributed by atoms with van der Waals surface area (Å²) in [5.41, 5.74) is 0.315. The van der Waals surface area contributed by atoms with E-state index in [1.165, 1.54) is 23.9 Å². The molecule has 0 saturated heterocycles. The Kier molecular flexibility index (Phi) is 11.4. The van der Waals surface area contributed by atoms with Crippen LogP contribution in [0.2, 0.25) is 0 Å². The molecule has 0 spiro atoms. The molecule has 0 aliphatic carbocycles. The summed E-state index contributed by atoms with van der Waals surface area (Å²) in [5.74, 6) is 5.99. The van der Waals surface area contributed by atoms with E-state index in [2.05, 4.69) is 30.1 Å². The molecule has 1 N–H and O–H groups in total. The highest BCUT2D eigenvalue weighted by Crippen LogP contribution is 2.22. The summed E-state index contributed by atoms with van der Waals surface area (Å²) in [6.07, 6.45) is 14.5. The summed E-state index contributed by atoms with van der Waals surface area (Å²) in [6.45, 7) is 0.413. The first-order valence-corrected chi connectivity index (χ1v) is 10.9. The van der Waals surface area contributed by atoms with Crippen LogP contribution < -0.4 is 4.74 Å². The van der Waals surface area contributed by atoms with Crippen LogP contribution in [0.15, 0.2) is 89.9 Å². The molecule has 3 nitrogen and oxygen atoms in total. The molecule has 0 amide bonds. The van der Waals surface area contributed by atoms with Crippen LogP contribution in [0.25, 0.3) is 0 Å². The summed E-state index contributed by atoms with van der Waals surface area (Å²) < 4.78 is 18.4. The van der Waals surface area contributed by atoms with Crippen LogP contribution in [-0.4, -0.2) is 23.4 Å². The van der Waals surface area contributed by atoms with Crippen LogP contribution in [0.3, 0.4) is 0 Å². The third-order valence-electron chi connectivity index (χ3n) is 3.95. The lowest BCUT2D eigenvalue weighted by Crippen LogP contribution is -1.98. The lowest BCUT2D eigenvalue weighted by molar-refractivity contribution is 0.0693. The molecule has 0 radical (unpaired) electrons. The zero-order chi connectivity index (χ0) is 22.2. The number of carboxylic acid groups (broad SMARTS) is 1.